The topological polar surface area (TPSA) is 62.8 Å². The Kier molecular flexibility index (Phi) is 5.97. The Morgan fingerprint density at radius 2 is 1.59 bits per heavy atom. The highest BCUT2D eigenvalue weighted by Gasteiger charge is 2.37. The lowest BCUT2D eigenvalue weighted by molar-refractivity contribution is -0.143. The first-order valence-electron chi connectivity index (χ1n) is 7.73. The molecule has 0 bridgehead atoms. The maximum Gasteiger partial charge on any atom is 0.416 e. The fourth-order valence-corrected chi connectivity index (χ4v) is 5.01. The molecule has 154 valence electrons. The Morgan fingerprint density at radius 3 is 2.10 bits per heavy atom. The van der Waals surface area contributed by atoms with E-state index in [2.05, 4.69) is 4.98 Å². The number of hydrogen-bond donors (Lipinski definition) is 2. The third kappa shape index (κ3) is 5.31. The average Bonchev–Trinajstić information content (AvgIpc) is 3.27. The van der Waals surface area contributed by atoms with Crippen molar-refractivity contribution in [1.82, 2.24) is 4.98 Å². The van der Waals surface area contributed by atoms with Crippen LogP contribution in [0.3, 0.4) is 0 Å². The van der Waals surface area contributed by atoms with Gasteiger partial charge in [0.15, 0.2) is 0 Å². The van der Waals surface area contributed by atoms with Gasteiger partial charge in [-0.25, -0.2) is 4.98 Å². The monoisotopic (exact) mass is 467 g/mol. The second-order valence-electron chi connectivity index (χ2n) is 5.77. The molecule has 0 amide bonds. The molecule has 0 aliphatic heterocycles. The second kappa shape index (κ2) is 8.00. The zero-order chi connectivity index (χ0) is 21.4. The third-order valence-corrected chi connectivity index (χ3v) is 6.77. The van der Waals surface area contributed by atoms with E-state index in [1.165, 1.54) is 28.5 Å². The van der Waals surface area contributed by atoms with Gasteiger partial charge in [0.25, 0.3) is 0 Å². The largest absolute Gasteiger partial charge is 0.416 e. The predicted octanol–water partition coefficient (Wildman–Crippen LogP) is 6.49. The maximum atomic E-state index is 13.0. The van der Waals surface area contributed by atoms with Gasteiger partial charge in [0.1, 0.15) is 10.8 Å². The summed E-state index contributed by atoms with van der Waals surface area (Å²) < 4.78 is 78.1. The normalized spacial score (nSPS) is 12.3. The van der Waals surface area contributed by atoms with Gasteiger partial charge >= 0.3 is 12.4 Å². The summed E-state index contributed by atoms with van der Waals surface area (Å²) in [6, 6.07) is 3.16. The first-order chi connectivity index (χ1) is 13.4. The molecule has 3 rings (SSSR count). The SMILES string of the molecule is N=C(N)c1cc(SCc2nc(-c3cc(C(F)(F)F)cc(C(F)(F)F)c3)cs2)cs1. The molecule has 0 aliphatic carbocycles. The zero-order valence-corrected chi connectivity index (χ0v) is 16.6. The number of thioether (sulfide) groups is 1. The maximum absolute atomic E-state index is 13.0. The summed E-state index contributed by atoms with van der Waals surface area (Å²) in [6.45, 7) is 0. The summed E-state index contributed by atoms with van der Waals surface area (Å²) in [5, 5.41) is 11.2. The van der Waals surface area contributed by atoms with Crippen LogP contribution in [0.4, 0.5) is 26.3 Å². The van der Waals surface area contributed by atoms with Crippen LogP contribution in [-0.2, 0) is 18.1 Å². The van der Waals surface area contributed by atoms with Gasteiger partial charge in [0.2, 0.25) is 0 Å². The number of aromatic nitrogens is 1. The summed E-state index contributed by atoms with van der Waals surface area (Å²) in [5.41, 5.74) is 2.47. The number of halogens is 6. The van der Waals surface area contributed by atoms with Crippen molar-refractivity contribution in [2.45, 2.75) is 23.0 Å². The summed E-state index contributed by atoms with van der Waals surface area (Å²) >= 11 is 3.83. The number of nitrogens with zero attached hydrogens (tertiary/aromatic N) is 1. The average molecular weight is 467 g/mol. The fraction of sp³-hybridized carbons (Fsp3) is 0.176. The van der Waals surface area contributed by atoms with Crippen LogP contribution < -0.4 is 5.73 Å². The predicted molar refractivity (Wildman–Crippen MR) is 102 cm³/mol. The van der Waals surface area contributed by atoms with Gasteiger partial charge in [0.05, 0.1) is 27.5 Å². The molecule has 0 spiro atoms. The minimum atomic E-state index is -4.90. The zero-order valence-electron chi connectivity index (χ0n) is 14.2. The Bertz CT molecular complexity index is 1000. The van der Waals surface area contributed by atoms with E-state index in [1.54, 1.807) is 11.4 Å². The van der Waals surface area contributed by atoms with Crippen LogP contribution in [0.2, 0.25) is 0 Å². The molecule has 12 heteroatoms. The molecule has 29 heavy (non-hydrogen) atoms. The standard InChI is InChI=1S/C17H11F6N3S3/c18-16(19,20)9-1-8(2-10(3-9)17(21,22)23)12-6-29-14(26-12)7-27-11-4-13(15(24)25)28-5-11/h1-6H,7H2,(H3,24,25). The van der Waals surface area contributed by atoms with Crippen LogP contribution in [-0.4, -0.2) is 10.8 Å². The van der Waals surface area contributed by atoms with Crippen molar-refractivity contribution in [2.24, 2.45) is 5.73 Å². The smallest absolute Gasteiger partial charge is 0.383 e. The lowest BCUT2D eigenvalue weighted by Gasteiger charge is -2.13. The van der Waals surface area contributed by atoms with Gasteiger partial charge in [-0.2, -0.15) is 26.3 Å². The highest BCUT2D eigenvalue weighted by atomic mass is 32.2. The van der Waals surface area contributed by atoms with Crippen LogP contribution >= 0.6 is 34.4 Å². The Labute approximate surface area is 173 Å². The number of benzene rings is 1. The van der Waals surface area contributed by atoms with Crippen LogP contribution in [0.15, 0.2) is 39.9 Å². The molecule has 2 heterocycles. The molecule has 0 saturated carbocycles. The van der Waals surface area contributed by atoms with E-state index in [1.807, 2.05) is 0 Å². The van der Waals surface area contributed by atoms with Gasteiger partial charge in [-0.1, -0.05) is 0 Å². The summed E-state index contributed by atoms with van der Waals surface area (Å²) in [7, 11) is 0. The molecule has 0 aliphatic rings. The lowest BCUT2D eigenvalue weighted by atomic mass is 10.0. The minimum Gasteiger partial charge on any atom is -0.383 e. The molecule has 3 nitrogen and oxygen atoms in total. The quantitative estimate of drug-likeness (QED) is 0.195. The van der Waals surface area contributed by atoms with Crippen molar-refractivity contribution in [3.05, 3.63) is 56.0 Å². The van der Waals surface area contributed by atoms with Crippen molar-refractivity contribution in [3.63, 3.8) is 0 Å². The van der Waals surface area contributed by atoms with Crippen LogP contribution in [0.5, 0.6) is 0 Å². The van der Waals surface area contributed by atoms with E-state index < -0.39 is 23.5 Å². The van der Waals surface area contributed by atoms with Crippen molar-refractivity contribution in [3.8, 4) is 11.3 Å². The molecule has 0 atom stereocenters. The lowest BCUT2D eigenvalue weighted by Crippen LogP contribution is -2.11. The summed E-state index contributed by atoms with van der Waals surface area (Å²) in [4.78, 5) is 5.63. The van der Waals surface area contributed by atoms with Gasteiger partial charge in [-0.3, -0.25) is 5.41 Å². The van der Waals surface area contributed by atoms with Gasteiger partial charge < -0.3 is 5.73 Å². The number of alkyl halides is 6. The Morgan fingerprint density at radius 1 is 0.966 bits per heavy atom. The number of thiophene rings is 1. The van der Waals surface area contributed by atoms with Gasteiger partial charge in [-0.05, 0) is 24.3 Å². The first kappa shape index (κ1) is 21.7. The molecular formula is C17H11F6N3S3. The number of thiazole rings is 1. The van der Waals surface area contributed by atoms with Crippen molar-refractivity contribution in [2.75, 3.05) is 0 Å². The van der Waals surface area contributed by atoms with E-state index in [9.17, 15) is 26.3 Å². The number of nitrogens with two attached hydrogens (primary N) is 1. The minimum absolute atomic E-state index is 0.0524. The molecule has 3 N–H and O–H groups in total. The van der Waals surface area contributed by atoms with Gasteiger partial charge in [0, 0.05) is 21.2 Å². The molecule has 0 fully saturated rings. The van der Waals surface area contributed by atoms with Crippen LogP contribution in [0.1, 0.15) is 21.0 Å². The number of hydrogen-bond acceptors (Lipinski definition) is 5. The van der Waals surface area contributed by atoms with Crippen molar-refractivity contribution in [1.29, 1.82) is 5.41 Å². The molecule has 3 aromatic rings. The number of amidine groups is 1. The summed E-state index contributed by atoms with van der Waals surface area (Å²) in [5.74, 6) is 0.326. The summed E-state index contributed by atoms with van der Waals surface area (Å²) in [6.07, 6.45) is -9.81. The molecule has 1 aromatic carbocycles. The third-order valence-electron chi connectivity index (χ3n) is 3.64. The number of nitrogen functional groups attached to an aromatic ring is 1. The van der Waals surface area contributed by atoms with Gasteiger partial charge in [-0.15, -0.1) is 34.4 Å². The Balaban J connectivity index is 1.84. The number of nitrogens with one attached hydrogen (secondary N) is 1. The van der Waals surface area contributed by atoms with E-state index in [0.29, 0.717) is 27.8 Å². The molecule has 2 aromatic heterocycles. The van der Waals surface area contributed by atoms with E-state index in [-0.39, 0.29) is 23.2 Å². The van der Waals surface area contributed by atoms with Crippen LogP contribution in [0.25, 0.3) is 11.3 Å². The van der Waals surface area contributed by atoms with Crippen LogP contribution in [0, 0.1) is 5.41 Å². The van der Waals surface area contributed by atoms with Crippen molar-refractivity contribution >= 4 is 40.3 Å². The number of rotatable bonds is 5. The second-order valence-corrected chi connectivity index (χ2v) is 8.67. The molecule has 0 radical (unpaired) electrons. The Hall–Kier alpha value is -2.05. The van der Waals surface area contributed by atoms with E-state index in [0.717, 1.165) is 16.2 Å². The highest BCUT2D eigenvalue weighted by molar-refractivity contribution is 7.98. The molecule has 0 saturated heterocycles. The fourth-order valence-electron chi connectivity index (χ4n) is 2.29. The highest BCUT2D eigenvalue weighted by Crippen LogP contribution is 2.39. The van der Waals surface area contributed by atoms with E-state index >= 15 is 0 Å². The molecule has 0 unspecified atom stereocenters. The van der Waals surface area contributed by atoms with Crippen molar-refractivity contribution < 1.29 is 26.3 Å². The molecular weight excluding hydrogens is 456 g/mol. The first-order valence-corrected chi connectivity index (χ1v) is 10.5. The van der Waals surface area contributed by atoms with E-state index in [4.69, 9.17) is 11.1 Å².